The SMILES string of the molecule is O=C(NC1CCCCC1)[C@H](Cc1ccccc1)NC(=O)[C@@]1(Cc2ccccc2)COC(c2ccccc2)=N1. The van der Waals surface area contributed by atoms with Crippen LogP contribution in [0.3, 0.4) is 0 Å². The summed E-state index contributed by atoms with van der Waals surface area (Å²) >= 11 is 0. The molecule has 0 spiro atoms. The molecule has 0 unspecified atom stereocenters. The molecule has 38 heavy (non-hydrogen) atoms. The van der Waals surface area contributed by atoms with Gasteiger partial charge in [-0.05, 0) is 36.1 Å². The van der Waals surface area contributed by atoms with Gasteiger partial charge in [-0.25, -0.2) is 4.99 Å². The smallest absolute Gasteiger partial charge is 0.252 e. The molecular weight excluding hydrogens is 474 g/mol. The van der Waals surface area contributed by atoms with Crippen LogP contribution in [0.25, 0.3) is 0 Å². The first-order valence-corrected chi connectivity index (χ1v) is 13.6. The first-order chi connectivity index (χ1) is 18.6. The summed E-state index contributed by atoms with van der Waals surface area (Å²) in [5.74, 6) is 0.00472. The predicted molar refractivity (Wildman–Crippen MR) is 149 cm³/mol. The van der Waals surface area contributed by atoms with Crippen molar-refractivity contribution in [3.63, 3.8) is 0 Å². The van der Waals surface area contributed by atoms with Gasteiger partial charge in [0, 0.05) is 24.4 Å². The molecule has 2 amide bonds. The van der Waals surface area contributed by atoms with Crippen molar-refractivity contribution in [3.05, 3.63) is 108 Å². The molecule has 0 saturated heterocycles. The second kappa shape index (κ2) is 12.1. The number of nitrogens with one attached hydrogen (secondary N) is 2. The van der Waals surface area contributed by atoms with Crippen LogP contribution >= 0.6 is 0 Å². The van der Waals surface area contributed by atoms with Gasteiger partial charge in [0.05, 0.1) is 0 Å². The van der Waals surface area contributed by atoms with Crippen molar-refractivity contribution in [2.75, 3.05) is 6.61 Å². The summed E-state index contributed by atoms with van der Waals surface area (Å²) in [6.07, 6.45) is 6.19. The van der Waals surface area contributed by atoms with E-state index in [9.17, 15) is 9.59 Å². The first kappa shape index (κ1) is 25.7. The van der Waals surface area contributed by atoms with E-state index in [1.54, 1.807) is 0 Å². The second-order valence-electron chi connectivity index (χ2n) is 10.3. The number of hydrogen-bond donors (Lipinski definition) is 2. The molecule has 3 aromatic carbocycles. The molecular formula is C32H35N3O3. The number of benzene rings is 3. The van der Waals surface area contributed by atoms with Crippen LogP contribution in [-0.2, 0) is 27.2 Å². The van der Waals surface area contributed by atoms with Crippen LogP contribution in [0.2, 0.25) is 0 Å². The lowest BCUT2D eigenvalue weighted by atomic mass is 9.90. The highest BCUT2D eigenvalue weighted by Gasteiger charge is 2.45. The molecule has 1 aliphatic carbocycles. The van der Waals surface area contributed by atoms with E-state index in [-0.39, 0.29) is 24.5 Å². The van der Waals surface area contributed by atoms with E-state index in [0.717, 1.165) is 42.4 Å². The van der Waals surface area contributed by atoms with Gasteiger partial charge >= 0.3 is 0 Å². The Hall–Kier alpha value is -3.93. The Labute approximate surface area is 224 Å². The maximum Gasteiger partial charge on any atom is 0.252 e. The minimum atomic E-state index is -1.17. The van der Waals surface area contributed by atoms with Gasteiger partial charge in [-0.15, -0.1) is 0 Å². The average Bonchev–Trinajstić information content (AvgIpc) is 3.40. The number of nitrogens with zero attached hydrogens (tertiary/aromatic N) is 1. The third kappa shape index (κ3) is 6.31. The molecule has 1 saturated carbocycles. The van der Waals surface area contributed by atoms with Crippen LogP contribution in [0.15, 0.2) is 96.0 Å². The van der Waals surface area contributed by atoms with E-state index in [2.05, 4.69) is 10.6 Å². The number of hydrogen-bond acceptors (Lipinski definition) is 4. The van der Waals surface area contributed by atoms with Crippen molar-refractivity contribution in [2.45, 2.75) is 62.6 Å². The maximum atomic E-state index is 14.1. The average molecular weight is 510 g/mol. The molecule has 3 aromatic rings. The fourth-order valence-electron chi connectivity index (χ4n) is 5.30. The highest BCUT2D eigenvalue weighted by molar-refractivity contribution is 6.01. The first-order valence-electron chi connectivity index (χ1n) is 13.6. The summed E-state index contributed by atoms with van der Waals surface area (Å²) in [6, 6.07) is 28.7. The Kier molecular flexibility index (Phi) is 8.17. The number of rotatable bonds is 9. The molecule has 196 valence electrons. The zero-order chi connectivity index (χ0) is 26.2. The fourth-order valence-corrected chi connectivity index (χ4v) is 5.30. The van der Waals surface area contributed by atoms with Crippen molar-refractivity contribution in [3.8, 4) is 0 Å². The summed E-state index contributed by atoms with van der Waals surface area (Å²) in [5.41, 5.74) is 1.62. The number of carbonyl (C=O) groups is 2. The summed E-state index contributed by atoms with van der Waals surface area (Å²) in [4.78, 5) is 32.5. The topological polar surface area (TPSA) is 79.8 Å². The lowest BCUT2D eigenvalue weighted by Crippen LogP contribution is -2.57. The molecule has 1 aliphatic heterocycles. The third-order valence-corrected chi connectivity index (χ3v) is 7.40. The van der Waals surface area contributed by atoms with Gasteiger partial charge in [0.15, 0.2) is 5.54 Å². The van der Waals surface area contributed by atoms with Gasteiger partial charge in [0.2, 0.25) is 11.8 Å². The Bertz CT molecular complexity index is 1240. The monoisotopic (exact) mass is 509 g/mol. The lowest BCUT2D eigenvalue weighted by molar-refractivity contribution is -0.132. The van der Waals surface area contributed by atoms with Gasteiger partial charge in [-0.3, -0.25) is 9.59 Å². The predicted octanol–water partition coefficient (Wildman–Crippen LogP) is 4.62. The van der Waals surface area contributed by atoms with Crippen LogP contribution in [-0.4, -0.2) is 41.9 Å². The van der Waals surface area contributed by atoms with E-state index in [0.29, 0.717) is 18.7 Å². The lowest BCUT2D eigenvalue weighted by Gasteiger charge is -2.29. The summed E-state index contributed by atoms with van der Waals surface area (Å²) in [6.45, 7) is 0.111. The van der Waals surface area contributed by atoms with Crippen molar-refractivity contribution < 1.29 is 14.3 Å². The van der Waals surface area contributed by atoms with E-state index in [4.69, 9.17) is 9.73 Å². The second-order valence-corrected chi connectivity index (χ2v) is 10.3. The normalized spacial score (nSPS) is 20.2. The van der Waals surface area contributed by atoms with Crippen LogP contribution in [0.5, 0.6) is 0 Å². The molecule has 6 heteroatoms. The van der Waals surface area contributed by atoms with Gasteiger partial charge < -0.3 is 15.4 Å². The zero-order valence-electron chi connectivity index (χ0n) is 21.6. The van der Waals surface area contributed by atoms with Crippen LogP contribution < -0.4 is 10.6 Å². The van der Waals surface area contributed by atoms with E-state index < -0.39 is 11.6 Å². The van der Waals surface area contributed by atoms with Gasteiger partial charge in [0.25, 0.3) is 5.91 Å². The third-order valence-electron chi connectivity index (χ3n) is 7.40. The van der Waals surface area contributed by atoms with Crippen molar-refractivity contribution in [1.29, 1.82) is 0 Å². The van der Waals surface area contributed by atoms with Crippen LogP contribution in [0.4, 0.5) is 0 Å². The standard InChI is InChI=1S/C32H35N3O3/c36-29(33-27-19-11-4-12-20-27)28(21-24-13-5-1-6-14-24)34-31(37)32(22-25-15-7-2-8-16-25)23-38-30(35-32)26-17-9-3-10-18-26/h1-3,5-10,13-18,27-28H,4,11-12,19-23H2,(H,33,36)(H,34,37)/t28-,32+/m0/s1. The highest BCUT2D eigenvalue weighted by Crippen LogP contribution is 2.27. The molecule has 5 rings (SSSR count). The summed E-state index contributed by atoms with van der Waals surface area (Å²) in [5, 5.41) is 6.30. The fraction of sp³-hybridized carbons (Fsp3) is 0.344. The number of aliphatic imine (C=N–C) groups is 1. The van der Waals surface area contributed by atoms with Crippen LogP contribution in [0.1, 0.15) is 48.8 Å². The molecule has 0 bridgehead atoms. The Balaban J connectivity index is 1.42. The number of amides is 2. The number of ether oxygens (including phenoxy) is 1. The van der Waals surface area contributed by atoms with Gasteiger partial charge in [0.1, 0.15) is 12.6 Å². The molecule has 1 heterocycles. The zero-order valence-corrected chi connectivity index (χ0v) is 21.6. The quantitative estimate of drug-likeness (QED) is 0.442. The van der Waals surface area contributed by atoms with Crippen molar-refractivity contribution in [2.24, 2.45) is 4.99 Å². The Morgan fingerprint density at radius 3 is 2.11 bits per heavy atom. The van der Waals surface area contributed by atoms with Crippen LogP contribution in [0, 0.1) is 0 Å². The van der Waals surface area contributed by atoms with E-state index >= 15 is 0 Å². The molecule has 2 atom stereocenters. The minimum absolute atomic E-state index is 0.111. The molecule has 0 aromatic heterocycles. The maximum absolute atomic E-state index is 14.1. The summed E-state index contributed by atoms with van der Waals surface area (Å²) < 4.78 is 6.02. The Morgan fingerprint density at radius 1 is 0.842 bits per heavy atom. The van der Waals surface area contributed by atoms with E-state index in [1.807, 2.05) is 91.0 Å². The Morgan fingerprint density at radius 2 is 1.45 bits per heavy atom. The highest BCUT2D eigenvalue weighted by atomic mass is 16.5. The van der Waals surface area contributed by atoms with E-state index in [1.165, 1.54) is 6.42 Å². The number of carbonyl (C=O) groups excluding carboxylic acids is 2. The minimum Gasteiger partial charge on any atom is -0.474 e. The molecule has 6 nitrogen and oxygen atoms in total. The molecule has 0 radical (unpaired) electrons. The van der Waals surface area contributed by atoms with Crippen molar-refractivity contribution in [1.82, 2.24) is 10.6 Å². The summed E-state index contributed by atoms with van der Waals surface area (Å²) in [7, 11) is 0. The largest absolute Gasteiger partial charge is 0.474 e. The van der Waals surface area contributed by atoms with Gasteiger partial charge in [-0.1, -0.05) is 98.1 Å². The van der Waals surface area contributed by atoms with Gasteiger partial charge in [-0.2, -0.15) is 0 Å². The molecule has 2 aliphatic rings. The molecule has 2 N–H and O–H groups in total. The molecule has 1 fully saturated rings. The van der Waals surface area contributed by atoms with Crippen molar-refractivity contribution >= 4 is 17.7 Å².